The molecule has 212 valence electrons. The fourth-order valence-electron chi connectivity index (χ4n) is 7.63. The fraction of sp³-hybridized carbons (Fsp3) is 0.0667. The lowest BCUT2D eigenvalue weighted by atomic mass is 9.80. The van der Waals surface area contributed by atoms with Crippen LogP contribution in [0, 0.1) is 0 Å². The van der Waals surface area contributed by atoms with Gasteiger partial charge in [0, 0.05) is 5.41 Å². The van der Waals surface area contributed by atoms with Gasteiger partial charge in [0.15, 0.2) is 0 Å². The van der Waals surface area contributed by atoms with Crippen molar-refractivity contribution in [3.63, 3.8) is 0 Å². The van der Waals surface area contributed by atoms with Crippen molar-refractivity contribution in [3.8, 4) is 44.5 Å². The SMILES string of the molecule is CC1(C)c2ccccc2-c2c1cc(-c1cccc(-c3ccc4cc(-c5ccc6ccccc6c5)ccc4c3)c1)c1ccccc21. The highest BCUT2D eigenvalue weighted by Crippen LogP contribution is 2.53. The van der Waals surface area contributed by atoms with Crippen LogP contribution in [0.15, 0.2) is 158 Å². The topological polar surface area (TPSA) is 0 Å². The van der Waals surface area contributed by atoms with Crippen LogP contribution in [0.2, 0.25) is 0 Å². The van der Waals surface area contributed by atoms with Crippen molar-refractivity contribution < 1.29 is 0 Å². The van der Waals surface area contributed by atoms with Gasteiger partial charge in [0.2, 0.25) is 0 Å². The van der Waals surface area contributed by atoms with E-state index in [9.17, 15) is 0 Å². The first-order chi connectivity index (χ1) is 22.0. The van der Waals surface area contributed by atoms with Gasteiger partial charge in [0.1, 0.15) is 0 Å². The maximum absolute atomic E-state index is 2.46. The fourth-order valence-corrected chi connectivity index (χ4v) is 7.63. The zero-order valence-corrected chi connectivity index (χ0v) is 25.5. The van der Waals surface area contributed by atoms with Gasteiger partial charge in [-0.25, -0.2) is 0 Å². The molecule has 0 nitrogen and oxygen atoms in total. The quantitative estimate of drug-likeness (QED) is 0.197. The van der Waals surface area contributed by atoms with Gasteiger partial charge in [-0.05, 0) is 118 Å². The summed E-state index contributed by atoms with van der Waals surface area (Å²) >= 11 is 0. The molecular weight excluding hydrogens is 540 g/mol. The largest absolute Gasteiger partial charge is 0.0619 e. The highest BCUT2D eigenvalue weighted by Gasteiger charge is 2.36. The van der Waals surface area contributed by atoms with E-state index in [0.717, 1.165) is 0 Å². The molecular formula is C45H32. The van der Waals surface area contributed by atoms with Crippen molar-refractivity contribution >= 4 is 32.3 Å². The Morgan fingerprint density at radius 2 is 0.867 bits per heavy atom. The van der Waals surface area contributed by atoms with Gasteiger partial charge in [-0.15, -0.1) is 0 Å². The molecule has 0 heteroatoms. The van der Waals surface area contributed by atoms with Crippen LogP contribution < -0.4 is 0 Å². The number of hydrogen-bond donors (Lipinski definition) is 0. The van der Waals surface area contributed by atoms with E-state index in [2.05, 4.69) is 172 Å². The monoisotopic (exact) mass is 572 g/mol. The van der Waals surface area contributed by atoms with Crippen molar-refractivity contribution in [3.05, 3.63) is 169 Å². The molecule has 0 aliphatic heterocycles. The van der Waals surface area contributed by atoms with Crippen LogP contribution in [0.4, 0.5) is 0 Å². The molecule has 0 saturated carbocycles. The molecule has 0 radical (unpaired) electrons. The summed E-state index contributed by atoms with van der Waals surface area (Å²) in [4.78, 5) is 0. The van der Waals surface area contributed by atoms with Gasteiger partial charge in [0.25, 0.3) is 0 Å². The molecule has 0 unspecified atom stereocenters. The Balaban J connectivity index is 1.13. The Bertz CT molecular complexity index is 2460. The number of hydrogen-bond acceptors (Lipinski definition) is 0. The van der Waals surface area contributed by atoms with E-state index in [1.807, 2.05) is 0 Å². The van der Waals surface area contributed by atoms with Crippen molar-refractivity contribution in [1.82, 2.24) is 0 Å². The number of rotatable bonds is 3. The summed E-state index contributed by atoms with van der Waals surface area (Å²) in [5, 5.41) is 7.70. The lowest BCUT2D eigenvalue weighted by Gasteiger charge is -2.23. The molecule has 0 N–H and O–H groups in total. The summed E-state index contributed by atoms with van der Waals surface area (Å²) < 4.78 is 0. The molecule has 0 saturated heterocycles. The molecule has 0 aromatic heterocycles. The predicted molar refractivity (Wildman–Crippen MR) is 193 cm³/mol. The normalized spacial score (nSPS) is 13.3. The molecule has 1 aliphatic rings. The molecule has 0 amide bonds. The van der Waals surface area contributed by atoms with Crippen LogP contribution in [-0.2, 0) is 5.41 Å². The van der Waals surface area contributed by atoms with Gasteiger partial charge in [-0.1, -0.05) is 141 Å². The highest BCUT2D eigenvalue weighted by molar-refractivity contribution is 6.09. The van der Waals surface area contributed by atoms with Crippen LogP contribution in [0.3, 0.4) is 0 Å². The zero-order chi connectivity index (χ0) is 30.1. The highest BCUT2D eigenvalue weighted by atomic mass is 14.4. The third kappa shape index (κ3) is 4.06. The van der Waals surface area contributed by atoms with Crippen LogP contribution in [0.1, 0.15) is 25.0 Å². The van der Waals surface area contributed by atoms with Gasteiger partial charge in [0.05, 0.1) is 0 Å². The summed E-state index contributed by atoms with van der Waals surface area (Å²) in [5.74, 6) is 0. The number of fused-ring (bicyclic) bond motifs is 7. The molecule has 0 heterocycles. The van der Waals surface area contributed by atoms with E-state index >= 15 is 0 Å². The minimum absolute atomic E-state index is 0.0492. The average Bonchev–Trinajstić information content (AvgIpc) is 3.33. The van der Waals surface area contributed by atoms with Crippen LogP contribution in [0.25, 0.3) is 76.8 Å². The summed E-state index contributed by atoms with van der Waals surface area (Å²) in [6, 6.07) is 58.4. The van der Waals surface area contributed by atoms with Gasteiger partial charge < -0.3 is 0 Å². The molecule has 1 aliphatic carbocycles. The minimum atomic E-state index is -0.0492. The Kier molecular flexibility index (Phi) is 5.64. The Hall–Kier alpha value is -5.46. The molecule has 8 aromatic rings. The second-order valence-corrected chi connectivity index (χ2v) is 13.0. The van der Waals surface area contributed by atoms with Gasteiger partial charge >= 0.3 is 0 Å². The van der Waals surface area contributed by atoms with E-state index in [1.54, 1.807) is 0 Å². The molecule has 45 heavy (non-hydrogen) atoms. The molecule has 0 bridgehead atoms. The Morgan fingerprint density at radius 3 is 1.60 bits per heavy atom. The second kappa shape index (κ2) is 9.78. The van der Waals surface area contributed by atoms with Crippen LogP contribution in [-0.4, -0.2) is 0 Å². The maximum atomic E-state index is 2.46. The maximum Gasteiger partial charge on any atom is 0.0159 e. The van der Waals surface area contributed by atoms with E-state index in [4.69, 9.17) is 0 Å². The van der Waals surface area contributed by atoms with E-state index in [0.29, 0.717) is 0 Å². The van der Waals surface area contributed by atoms with Crippen molar-refractivity contribution in [2.45, 2.75) is 19.3 Å². The summed E-state index contributed by atoms with van der Waals surface area (Å²) in [7, 11) is 0. The van der Waals surface area contributed by atoms with E-state index in [1.165, 1.54) is 88.0 Å². The van der Waals surface area contributed by atoms with Crippen LogP contribution >= 0.6 is 0 Å². The predicted octanol–water partition coefficient (Wildman–Crippen LogP) is 12.5. The summed E-state index contributed by atoms with van der Waals surface area (Å²) in [6.45, 7) is 4.74. The number of benzene rings is 8. The zero-order valence-electron chi connectivity index (χ0n) is 25.5. The van der Waals surface area contributed by atoms with Crippen molar-refractivity contribution in [2.75, 3.05) is 0 Å². The summed E-state index contributed by atoms with van der Waals surface area (Å²) in [5.41, 5.74) is 13.1. The molecule has 9 rings (SSSR count). The lowest BCUT2D eigenvalue weighted by molar-refractivity contribution is 0.661. The first-order valence-corrected chi connectivity index (χ1v) is 15.8. The van der Waals surface area contributed by atoms with Gasteiger partial charge in [-0.2, -0.15) is 0 Å². The van der Waals surface area contributed by atoms with Crippen LogP contribution in [0.5, 0.6) is 0 Å². The first-order valence-electron chi connectivity index (χ1n) is 15.8. The molecule has 0 spiro atoms. The summed E-state index contributed by atoms with van der Waals surface area (Å²) in [6.07, 6.45) is 0. The van der Waals surface area contributed by atoms with Crippen molar-refractivity contribution in [2.24, 2.45) is 0 Å². The first kappa shape index (κ1) is 26.0. The molecule has 8 aromatic carbocycles. The lowest BCUT2D eigenvalue weighted by Crippen LogP contribution is -2.15. The van der Waals surface area contributed by atoms with Crippen molar-refractivity contribution in [1.29, 1.82) is 0 Å². The van der Waals surface area contributed by atoms with Gasteiger partial charge in [-0.3, -0.25) is 0 Å². The standard InChI is InChI=1S/C45H32/c1-45(2)42-17-8-7-16-40(42)44-39-15-6-5-14-38(39)41(28-43(44)45)37-13-9-12-31(27-37)32-20-21-36-26-35(23-22-34(36)25-32)33-19-18-29-10-3-4-11-30(29)24-33/h3-28H,1-2H3. The third-order valence-electron chi connectivity index (χ3n) is 10.0. The van der Waals surface area contributed by atoms with E-state index < -0.39 is 0 Å². The Morgan fingerprint density at radius 1 is 0.333 bits per heavy atom. The third-order valence-corrected chi connectivity index (χ3v) is 10.0. The second-order valence-electron chi connectivity index (χ2n) is 13.0. The molecule has 0 atom stereocenters. The Labute approximate surface area is 264 Å². The minimum Gasteiger partial charge on any atom is -0.0619 e. The van der Waals surface area contributed by atoms with E-state index in [-0.39, 0.29) is 5.41 Å². The average molecular weight is 573 g/mol. The molecule has 0 fully saturated rings. The smallest absolute Gasteiger partial charge is 0.0159 e.